The van der Waals surface area contributed by atoms with Crippen molar-refractivity contribution in [2.45, 2.75) is 26.3 Å². The van der Waals surface area contributed by atoms with Crippen LogP contribution >= 0.6 is 0 Å². The smallest absolute Gasteiger partial charge is 0.154 e. The third kappa shape index (κ3) is 2.18. The fraction of sp³-hybridized carbons (Fsp3) is 0.250. The molecule has 0 aliphatic carbocycles. The summed E-state index contributed by atoms with van der Waals surface area (Å²) in [6.45, 7) is 4.77. The van der Waals surface area contributed by atoms with Gasteiger partial charge in [0.2, 0.25) is 0 Å². The van der Waals surface area contributed by atoms with Crippen molar-refractivity contribution in [1.29, 1.82) is 0 Å². The predicted molar refractivity (Wildman–Crippen MR) is 80.8 cm³/mol. The molecule has 0 saturated heterocycles. The van der Waals surface area contributed by atoms with Crippen LogP contribution in [0.2, 0.25) is 0 Å². The van der Waals surface area contributed by atoms with E-state index in [0.717, 1.165) is 28.0 Å². The molecular weight excluding hydrogens is 248 g/mol. The number of fused-ring (bicyclic) bond motifs is 1. The minimum atomic E-state index is 0.363. The van der Waals surface area contributed by atoms with Crippen LogP contribution in [0.3, 0.4) is 0 Å². The summed E-state index contributed by atoms with van der Waals surface area (Å²) in [5.74, 6) is 1.19. The van der Waals surface area contributed by atoms with E-state index < -0.39 is 0 Å². The summed E-state index contributed by atoms with van der Waals surface area (Å²) in [6, 6.07) is 12.2. The third-order valence-corrected chi connectivity index (χ3v) is 3.41. The summed E-state index contributed by atoms with van der Waals surface area (Å²) < 4.78 is 1.88. The number of nitrogens with two attached hydrogens (primary N) is 1. The Hall–Kier alpha value is -2.20. The fourth-order valence-corrected chi connectivity index (χ4v) is 2.27. The first-order valence-electron chi connectivity index (χ1n) is 6.83. The lowest BCUT2D eigenvalue weighted by atomic mass is 10.1. The SMILES string of the molecule is CC(C)c1cc(CN)cc(-n2ncc3ccccc32)n1. The lowest BCUT2D eigenvalue weighted by molar-refractivity contribution is 0.786. The number of para-hydroxylation sites is 1. The van der Waals surface area contributed by atoms with Gasteiger partial charge in [0.25, 0.3) is 0 Å². The van der Waals surface area contributed by atoms with E-state index in [1.54, 1.807) is 0 Å². The normalized spacial score (nSPS) is 11.4. The minimum absolute atomic E-state index is 0.363. The number of hydrogen-bond acceptors (Lipinski definition) is 3. The Morgan fingerprint density at radius 1 is 1.20 bits per heavy atom. The number of pyridine rings is 1. The number of rotatable bonds is 3. The van der Waals surface area contributed by atoms with Gasteiger partial charge >= 0.3 is 0 Å². The van der Waals surface area contributed by atoms with Gasteiger partial charge in [-0.15, -0.1) is 0 Å². The van der Waals surface area contributed by atoms with E-state index in [-0.39, 0.29) is 0 Å². The summed E-state index contributed by atoms with van der Waals surface area (Å²) in [5.41, 5.74) is 8.98. The highest BCUT2D eigenvalue weighted by Crippen LogP contribution is 2.20. The van der Waals surface area contributed by atoms with Gasteiger partial charge in [0, 0.05) is 17.6 Å². The summed E-state index contributed by atoms with van der Waals surface area (Å²) in [7, 11) is 0. The fourth-order valence-electron chi connectivity index (χ4n) is 2.27. The summed E-state index contributed by atoms with van der Waals surface area (Å²) in [5, 5.41) is 5.56. The molecule has 0 saturated carbocycles. The first-order chi connectivity index (χ1) is 9.69. The zero-order valence-corrected chi connectivity index (χ0v) is 11.7. The number of benzene rings is 1. The molecule has 0 bridgehead atoms. The maximum absolute atomic E-state index is 5.80. The van der Waals surface area contributed by atoms with Crippen LogP contribution in [-0.2, 0) is 6.54 Å². The van der Waals surface area contributed by atoms with E-state index in [1.807, 2.05) is 35.1 Å². The van der Waals surface area contributed by atoms with E-state index in [0.29, 0.717) is 12.5 Å². The Labute approximate surface area is 118 Å². The summed E-state index contributed by atoms with van der Waals surface area (Å²) >= 11 is 0. The number of nitrogens with zero attached hydrogens (tertiary/aromatic N) is 3. The van der Waals surface area contributed by atoms with Crippen molar-refractivity contribution in [2.24, 2.45) is 5.73 Å². The molecule has 0 spiro atoms. The van der Waals surface area contributed by atoms with Gasteiger partial charge in [-0.1, -0.05) is 32.0 Å². The van der Waals surface area contributed by atoms with Crippen LogP contribution in [0.15, 0.2) is 42.6 Å². The zero-order chi connectivity index (χ0) is 14.1. The first-order valence-corrected chi connectivity index (χ1v) is 6.83. The van der Waals surface area contributed by atoms with Crippen LogP contribution in [0.4, 0.5) is 0 Å². The molecule has 20 heavy (non-hydrogen) atoms. The topological polar surface area (TPSA) is 56.7 Å². The highest BCUT2D eigenvalue weighted by atomic mass is 15.3. The molecule has 4 heteroatoms. The van der Waals surface area contributed by atoms with Crippen molar-refractivity contribution < 1.29 is 0 Å². The second kappa shape index (κ2) is 5.06. The van der Waals surface area contributed by atoms with Crippen LogP contribution in [0.1, 0.15) is 31.0 Å². The molecule has 0 aliphatic heterocycles. The van der Waals surface area contributed by atoms with Gasteiger partial charge in [0.15, 0.2) is 5.82 Å². The van der Waals surface area contributed by atoms with Crippen LogP contribution in [-0.4, -0.2) is 14.8 Å². The van der Waals surface area contributed by atoms with E-state index >= 15 is 0 Å². The summed E-state index contributed by atoms with van der Waals surface area (Å²) in [6.07, 6.45) is 1.86. The van der Waals surface area contributed by atoms with Crippen molar-refractivity contribution in [1.82, 2.24) is 14.8 Å². The summed E-state index contributed by atoms with van der Waals surface area (Å²) in [4.78, 5) is 4.72. The van der Waals surface area contributed by atoms with Crippen LogP contribution in [0.25, 0.3) is 16.7 Å². The van der Waals surface area contributed by atoms with Gasteiger partial charge in [-0.05, 0) is 29.7 Å². The van der Waals surface area contributed by atoms with E-state index in [1.165, 1.54) is 0 Å². The van der Waals surface area contributed by atoms with Crippen molar-refractivity contribution in [3.05, 3.63) is 53.9 Å². The largest absolute Gasteiger partial charge is 0.326 e. The Bertz CT molecular complexity index is 743. The highest BCUT2D eigenvalue weighted by Gasteiger charge is 2.10. The number of hydrogen-bond donors (Lipinski definition) is 1. The van der Waals surface area contributed by atoms with Gasteiger partial charge < -0.3 is 5.73 Å². The molecule has 0 atom stereocenters. The Morgan fingerprint density at radius 2 is 2.00 bits per heavy atom. The molecule has 102 valence electrons. The second-order valence-electron chi connectivity index (χ2n) is 5.23. The molecule has 4 nitrogen and oxygen atoms in total. The van der Waals surface area contributed by atoms with Gasteiger partial charge in [0.1, 0.15) is 0 Å². The molecule has 0 fully saturated rings. The Balaban J connectivity index is 2.20. The molecule has 3 aromatic rings. The van der Waals surface area contributed by atoms with Gasteiger partial charge in [-0.25, -0.2) is 9.67 Å². The zero-order valence-electron chi connectivity index (χ0n) is 11.7. The van der Waals surface area contributed by atoms with E-state index in [2.05, 4.69) is 31.1 Å². The predicted octanol–water partition coefficient (Wildman–Crippen LogP) is 3.00. The van der Waals surface area contributed by atoms with Crippen molar-refractivity contribution in [2.75, 3.05) is 0 Å². The molecule has 0 radical (unpaired) electrons. The minimum Gasteiger partial charge on any atom is -0.326 e. The standard InChI is InChI=1S/C16H18N4/c1-11(2)14-7-12(9-17)8-16(19-14)20-15-6-4-3-5-13(15)10-18-20/h3-8,10-11H,9,17H2,1-2H3. The molecule has 0 aliphatic rings. The molecular formula is C16H18N4. The van der Waals surface area contributed by atoms with Crippen molar-refractivity contribution in [3.8, 4) is 5.82 Å². The van der Waals surface area contributed by atoms with Crippen molar-refractivity contribution >= 4 is 10.9 Å². The second-order valence-corrected chi connectivity index (χ2v) is 5.23. The third-order valence-electron chi connectivity index (χ3n) is 3.41. The monoisotopic (exact) mass is 266 g/mol. The van der Waals surface area contributed by atoms with Crippen molar-refractivity contribution in [3.63, 3.8) is 0 Å². The lowest BCUT2D eigenvalue weighted by Gasteiger charge is -2.11. The molecule has 2 heterocycles. The maximum atomic E-state index is 5.80. The molecule has 1 aromatic carbocycles. The molecule has 3 rings (SSSR count). The highest BCUT2D eigenvalue weighted by molar-refractivity contribution is 5.79. The van der Waals surface area contributed by atoms with Crippen LogP contribution in [0, 0.1) is 0 Å². The quantitative estimate of drug-likeness (QED) is 0.792. The van der Waals surface area contributed by atoms with Gasteiger partial charge in [-0.3, -0.25) is 0 Å². The van der Waals surface area contributed by atoms with Crippen LogP contribution in [0.5, 0.6) is 0 Å². The average molecular weight is 266 g/mol. The average Bonchev–Trinajstić information content (AvgIpc) is 2.90. The molecule has 0 amide bonds. The van der Waals surface area contributed by atoms with E-state index in [9.17, 15) is 0 Å². The van der Waals surface area contributed by atoms with Gasteiger partial charge in [-0.2, -0.15) is 5.10 Å². The Morgan fingerprint density at radius 3 is 2.75 bits per heavy atom. The lowest BCUT2D eigenvalue weighted by Crippen LogP contribution is -2.07. The molecule has 2 N–H and O–H groups in total. The molecule has 2 aromatic heterocycles. The number of aromatic nitrogens is 3. The van der Waals surface area contributed by atoms with Crippen LogP contribution < -0.4 is 5.73 Å². The molecule has 0 unspecified atom stereocenters. The van der Waals surface area contributed by atoms with Gasteiger partial charge in [0.05, 0.1) is 11.7 Å². The first kappa shape index (κ1) is 12.8. The maximum Gasteiger partial charge on any atom is 0.154 e. The van der Waals surface area contributed by atoms with E-state index in [4.69, 9.17) is 10.7 Å². The Kier molecular flexibility index (Phi) is 3.24.